The van der Waals surface area contributed by atoms with Gasteiger partial charge >= 0.3 is 6.03 Å². The number of rotatable bonds is 7. The zero-order chi connectivity index (χ0) is 19.2. The van der Waals surface area contributed by atoms with Crippen LogP contribution in [-0.2, 0) is 17.8 Å². The summed E-state index contributed by atoms with van der Waals surface area (Å²) in [7, 11) is 3.43. The first-order valence-electron chi connectivity index (χ1n) is 9.14. The van der Waals surface area contributed by atoms with E-state index in [1.165, 1.54) is 0 Å². The maximum atomic E-state index is 12.5. The van der Waals surface area contributed by atoms with Crippen molar-refractivity contribution in [2.75, 3.05) is 20.7 Å². The smallest absolute Gasteiger partial charge is 0.317 e. The van der Waals surface area contributed by atoms with E-state index in [1.54, 1.807) is 19.1 Å². The maximum absolute atomic E-state index is 12.5. The van der Waals surface area contributed by atoms with E-state index in [4.69, 9.17) is 4.74 Å². The lowest BCUT2D eigenvalue weighted by Crippen LogP contribution is -2.39. The van der Waals surface area contributed by atoms with Gasteiger partial charge in [0.25, 0.3) is 0 Å². The van der Waals surface area contributed by atoms with Gasteiger partial charge in [-0.15, -0.1) is 0 Å². The molecule has 0 bridgehead atoms. The third-order valence-corrected chi connectivity index (χ3v) is 4.67. The van der Waals surface area contributed by atoms with Crippen LogP contribution in [0, 0.1) is 0 Å². The molecule has 0 aliphatic carbocycles. The van der Waals surface area contributed by atoms with Crippen molar-refractivity contribution in [1.82, 2.24) is 19.8 Å². The Hall–Kier alpha value is -2.86. The van der Waals surface area contributed by atoms with Crippen LogP contribution in [0.1, 0.15) is 24.4 Å². The van der Waals surface area contributed by atoms with E-state index in [1.807, 2.05) is 48.5 Å². The SMILES string of the molecule is CCn1c(CN(C)C(=O)NC[C@@H](OC)c2ccccc2)nc2ccccc21. The van der Waals surface area contributed by atoms with Crippen molar-refractivity contribution in [1.29, 1.82) is 0 Å². The van der Waals surface area contributed by atoms with Gasteiger partial charge in [-0.2, -0.15) is 0 Å². The van der Waals surface area contributed by atoms with Crippen LogP contribution in [0.25, 0.3) is 11.0 Å². The van der Waals surface area contributed by atoms with Gasteiger partial charge in [-0.1, -0.05) is 42.5 Å². The van der Waals surface area contributed by atoms with Gasteiger partial charge in [-0.3, -0.25) is 0 Å². The lowest BCUT2D eigenvalue weighted by Gasteiger charge is -2.21. The number of aryl methyl sites for hydroxylation is 1. The molecule has 0 aliphatic rings. The fraction of sp³-hybridized carbons (Fsp3) is 0.333. The van der Waals surface area contributed by atoms with Crippen LogP contribution in [-0.4, -0.2) is 41.2 Å². The second-order valence-corrected chi connectivity index (χ2v) is 6.44. The number of para-hydroxylation sites is 2. The van der Waals surface area contributed by atoms with Crippen molar-refractivity contribution in [3.05, 3.63) is 66.0 Å². The molecule has 1 N–H and O–H groups in total. The third-order valence-electron chi connectivity index (χ3n) is 4.67. The number of nitrogens with zero attached hydrogens (tertiary/aromatic N) is 3. The minimum absolute atomic E-state index is 0.150. The molecular formula is C21H26N4O2. The lowest BCUT2D eigenvalue weighted by molar-refractivity contribution is 0.102. The quantitative estimate of drug-likeness (QED) is 0.695. The highest BCUT2D eigenvalue weighted by Gasteiger charge is 2.17. The average Bonchev–Trinajstić information content (AvgIpc) is 3.05. The van der Waals surface area contributed by atoms with Crippen LogP contribution >= 0.6 is 0 Å². The number of nitrogens with one attached hydrogen (secondary N) is 1. The fourth-order valence-electron chi connectivity index (χ4n) is 3.20. The number of carbonyl (C=O) groups excluding carboxylic acids is 1. The largest absolute Gasteiger partial charge is 0.375 e. The number of hydrogen-bond acceptors (Lipinski definition) is 3. The fourth-order valence-corrected chi connectivity index (χ4v) is 3.20. The molecule has 0 spiro atoms. The van der Waals surface area contributed by atoms with Gasteiger partial charge in [0, 0.05) is 27.2 Å². The van der Waals surface area contributed by atoms with Crippen molar-refractivity contribution in [3.63, 3.8) is 0 Å². The van der Waals surface area contributed by atoms with Crippen LogP contribution in [0.2, 0.25) is 0 Å². The van der Waals surface area contributed by atoms with Crippen molar-refractivity contribution in [3.8, 4) is 0 Å². The Morgan fingerprint density at radius 2 is 1.89 bits per heavy atom. The van der Waals surface area contributed by atoms with E-state index < -0.39 is 0 Å². The number of methoxy groups -OCH3 is 1. The molecule has 6 heteroatoms. The zero-order valence-electron chi connectivity index (χ0n) is 16.1. The van der Waals surface area contributed by atoms with Crippen molar-refractivity contribution >= 4 is 17.1 Å². The highest BCUT2D eigenvalue weighted by atomic mass is 16.5. The van der Waals surface area contributed by atoms with Gasteiger partial charge in [0.15, 0.2) is 0 Å². The molecule has 1 aromatic heterocycles. The van der Waals surface area contributed by atoms with Crippen LogP contribution in [0.15, 0.2) is 54.6 Å². The molecule has 0 fully saturated rings. The van der Waals surface area contributed by atoms with Gasteiger partial charge in [0.05, 0.1) is 23.7 Å². The summed E-state index contributed by atoms with van der Waals surface area (Å²) in [5.74, 6) is 0.878. The Morgan fingerprint density at radius 3 is 2.59 bits per heavy atom. The Morgan fingerprint density at radius 1 is 1.19 bits per heavy atom. The summed E-state index contributed by atoms with van der Waals surface area (Å²) in [6, 6.07) is 17.8. The number of urea groups is 1. The number of carbonyl (C=O) groups is 1. The minimum atomic E-state index is -0.177. The van der Waals surface area contributed by atoms with Gasteiger partial charge in [-0.05, 0) is 24.6 Å². The standard InChI is InChI=1S/C21H26N4O2/c1-4-25-18-13-9-8-12-17(18)23-20(25)15-24(2)21(26)22-14-19(27-3)16-10-6-5-7-11-16/h5-13,19H,4,14-15H2,1-3H3,(H,22,26)/t19-/m1/s1. The first-order chi connectivity index (χ1) is 13.1. The Labute approximate surface area is 159 Å². The molecule has 0 saturated heterocycles. The summed E-state index contributed by atoms with van der Waals surface area (Å²) in [6.07, 6.45) is -0.177. The minimum Gasteiger partial charge on any atom is -0.375 e. The topological polar surface area (TPSA) is 59.4 Å². The monoisotopic (exact) mass is 366 g/mol. The predicted molar refractivity (Wildman–Crippen MR) is 106 cm³/mol. The summed E-state index contributed by atoms with van der Waals surface area (Å²) in [4.78, 5) is 18.9. The van der Waals surface area contributed by atoms with Crippen molar-refractivity contribution in [2.45, 2.75) is 26.1 Å². The average molecular weight is 366 g/mol. The molecule has 6 nitrogen and oxygen atoms in total. The highest BCUT2D eigenvalue weighted by Crippen LogP contribution is 2.17. The molecule has 1 heterocycles. The molecule has 2 aromatic carbocycles. The van der Waals surface area contributed by atoms with E-state index in [2.05, 4.69) is 27.9 Å². The van der Waals surface area contributed by atoms with Gasteiger partial charge in [0.2, 0.25) is 0 Å². The number of ether oxygens (including phenoxy) is 1. The summed E-state index contributed by atoms with van der Waals surface area (Å²) in [6.45, 7) is 3.75. The second kappa shape index (κ2) is 8.68. The number of aromatic nitrogens is 2. The molecule has 27 heavy (non-hydrogen) atoms. The molecule has 0 aliphatic heterocycles. The van der Waals surface area contributed by atoms with Crippen molar-refractivity contribution in [2.24, 2.45) is 0 Å². The molecule has 0 saturated carbocycles. The Kier molecular flexibility index (Phi) is 6.08. The molecule has 1 atom stereocenters. The molecule has 2 amide bonds. The van der Waals surface area contributed by atoms with E-state index in [-0.39, 0.29) is 12.1 Å². The number of benzene rings is 2. The van der Waals surface area contributed by atoms with Gasteiger partial charge in [0.1, 0.15) is 5.82 Å². The van der Waals surface area contributed by atoms with E-state index >= 15 is 0 Å². The number of amides is 2. The molecule has 142 valence electrons. The molecule has 3 rings (SSSR count). The lowest BCUT2D eigenvalue weighted by atomic mass is 10.1. The Balaban J connectivity index is 1.64. The zero-order valence-corrected chi connectivity index (χ0v) is 16.1. The second-order valence-electron chi connectivity index (χ2n) is 6.44. The molecular weight excluding hydrogens is 340 g/mol. The van der Waals surface area contributed by atoms with E-state index in [0.29, 0.717) is 13.1 Å². The first kappa shape index (κ1) is 18.9. The Bertz CT molecular complexity index is 892. The predicted octanol–water partition coefficient (Wildman–Crippen LogP) is 3.59. The summed E-state index contributed by atoms with van der Waals surface area (Å²) in [5.41, 5.74) is 3.08. The number of fused-ring (bicyclic) bond motifs is 1. The summed E-state index contributed by atoms with van der Waals surface area (Å²) >= 11 is 0. The highest BCUT2D eigenvalue weighted by molar-refractivity contribution is 5.76. The number of imidazole rings is 1. The van der Waals surface area contributed by atoms with Crippen LogP contribution in [0.5, 0.6) is 0 Å². The van der Waals surface area contributed by atoms with Crippen LogP contribution in [0.3, 0.4) is 0 Å². The maximum Gasteiger partial charge on any atom is 0.317 e. The normalized spacial score (nSPS) is 12.1. The summed E-state index contributed by atoms with van der Waals surface area (Å²) in [5, 5.41) is 2.95. The van der Waals surface area contributed by atoms with Gasteiger partial charge in [-0.25, -0.2) is 9.78 Å². The van der Waals surface area contributed by atoms with Crippen LogP contribution in [0.4, 0.5) is 4.79 Å². The molecule has 0 radical (unpaired) electrons. The molecule has 3 aromatic rings. The van der Waals surface area contributed by atoms with Crippen molar-refractivity contribution < 1.29 is 9.53 Å². The first-order valence-corrected chi connectivity index (χ1v) is 9.14. The number of hydrogen-bond donors (Lipinski definition) is 1. The van der Waals surface area contributed by atoms with Gasteiger partial charge < -0.3 is 19.5 Å². The van der Waals surface area contributed by atoms with Crippen LogP contribution < -0.4 is 5.32 Å². The van der Waals surface area contributed by atoms with E-state index in [0.717, 1.165) is 29.0 Å². The third kappa shape index (κ3) is 4.28. The molecule has 0 unspecified atom stereocenters. The van der Waals surface area contributed by atoms with E-state index in [9.17, 15) is 4.79 Å². The summed E-state index contributed by atoms with van der Waals surface area (Å²) < 4.78 is 7.65.